The van der Waals surface area contributed by atoms with E-state index in [2.05, 4.69) is 244 Å². The second-order valence-corrected chi connectivity index (χ2v) is 24.8. The lowest BCUT2D eigenvalue weighted by Gasteiger charge is -2.54. The molecule has 0 atom stereocenters. The molecule has 0 aliphatic carbocycles. The van der Waals surface area contributed by atoms with Crippen molar-refractivity contribution in [1.82, 2.24) is 0 Å². The van der Waals surface area contributed by atoms with Crippen LogP contribution in [0.15, 0.2) is 228 Å². The summed E-state index contributed by atoms with van der Waals surface area (Å²) in [5, 5.41) is 10.9. The first-order chi connectivity index (χ1) is 34.5. The molecule has 0 radical (unpaired) electrons. The van der Waals surface area contributed by atoms with Gasteiger partial charge in [-0.15, -0.1) is 0 Å². The standard InChI is InChI=1S/C65H45B2NSSi/c1-40-33-41(2)61(42(3)34-40)67-55-37-45(43-19-7-4-8-20-43)36-54-63(55)68-64-56(67)38-46(52-35-44-21-13-14-26-49(44)50-27-15-16-28-51(50)52)39-60(64)70(47-22-9-5-10-23-47,48-24-11-6-12-25-48)59-32-31-58-62(65(59)68)66(54)53-29-17-18-30-57(53)69-58/h4-39H,1-3H3. The fraction of sp³-hybridized carbons (Fsp3) is 0.0462. The molecule has 0 spiro atoms. The van der Waals surface area contributed by atoms with Crippen LogP contribution in [0.4, 0.5) is 17.1 Å². The SMILES string of the molecule is Cc1cc(C)c(B2c3cc(-c4ccccc4)cc4c3N3c5c2cc(-c2cc6ccccc6c6ccccc26)cc5[Si](c2ccccc2)(c2ccccc2)c2ccc5c(c23)B4c2ccccc2S5)c(C)c1. The monoisotopic (exact) mass is 921 g/mol. The average molecular weight is 922 g/mol. The minimum atomic E-state index is -3.15. The summed E-state index contributed by atoms with van der Waals surface area (Å²) in [6, 6.07) is 84.7. The van der Waals surface area contributed by atoms with Crippen molar-refractivity contribution in [1.29, 1.82) is 0 Å². The molecular weight excluding hydrogens is 876 g/mol. The van der Waals surface area contributed by atoms with Crippen LogP contribution in [0.2, 0.25) is 0 Å². The molecule has 1 nitrogen and oxygen atoms in total. The van der Waals surface area contributed by atoms with Crippen molar-refractivity contribution in [2.45, 2.75) is 30.6 Å². The number of aryl methyl sites for hydroxylation is 3. The van der Waals surface area contributed by atoms with Gasteiger partial charge in [0, 0.05) is 26.9 Å². The van der Waals surface area contributed by atoms with E-state index in [0.29, 0.717) is 0 Å². The van der Waals surface area contributed by atoms with Crippen LogP contribution in [0.3, 0.4) is 0 Å². The van der Waals surface area contributed by atoms with Gasteiger partial charge in [0.05, 0.1) is 0 Å². The van der Waals surface area contributed by atoms with Crippen molar-refractivity contribution in [2.75, 3.05) is 4.90 Å². The maximum atomic E-state index is 2.82. The minimum absolute atomic E-state index is 0.0487. The van der Waals surface area contributed by atoms with E-state index in [1.54, 1.807) is 0 Å². The summed E-state index contributed by atoms with van der Waals surface area (Å²) in [4.78, 5) is 5.53. The summed E-state index contributed by atoms with van der Waals surface area (Å²) in [6.07, 6.45) is 0. The van der Waals surface area contributed by atoms with E-state index in [4.69, 9.17) is 0 Å². The summed E-state index contributed by atoms with van der Waals surface area (Å²) in [7, 11) is -3.15. The van der Waals surface area contributed by atoms with E-state index in [0.717, 1.165) is 0 Å². The van der Waals surface area contributed by atoms with Crippen LogP contribution < -0.4 is 58.4 Å². The van der Waals surface area contributed by atoms with Gasteiger partial charge in [-0.1, -0.05) is 240 Å². The number of anilines is 3. The van der Waals surface area contributed by atoms with Gasteiger partial charge in [0.1, 0.15) is 0 Å². The Kier molecular flexibility index (Phi) is 8.63. The largest absolute Gasteiger partial charge is 0.313 e. The zero-order chi connectivity index (χ0) is 46.4. The molecule has 0 saturated heterocycles. The number of fused-ring (bicyclic) bond motifs is 6. The van der Waals surface area contributed by atoms with Crippen molar-refractivity contribution in [3.05, 3.63) is 235 Å². The third kappa shape index (κ3) is 5.42. The van der Waals surface area contributed by atoms with Crippen LogP contribution in [0, 0.1) is 20.8 Å². The van der Waals surface area contributed by atoms with Crippen molar-refractivity contribution < 1.29 is 0 Å². The molecule has 15 rings (SSSR count). The second-order valence-electron chi connectivity index (χ2n) is 20.0. The molecule has 0 unspecified atom stereocenters. The highest BCUT2D eigenvalue weighted by molar-refractivity contribution is 8.00. The summed E-state index contributed by atoms with van der Waals surface area (Å²) in [6.45, 7) is 6.99. The molecule has 0 N–H and O–H groups in total. The van der Waals surface area contributed by atoms with Gasteiger partial charge in [-0.2, -0.15) is 0 Å². The Labute approximate surface area is 415 Å². The fourth-order valence-electron chi connectivity index (χ4n) is 13.7. The Morgan fingerprint density at radius 3 is 1.67 bits per heavy atom. The first-order valence-electron chi connectivity index (χ1n) is 24.7. The van der Waals surface area contributed by atoms with E-state index in [9.17, 15) is 0 Å². The number of hydrogen-bond donors (Lipinski definition) is 0. The maximum absolute atomic E-state index is 3.15. The molecule has 0 amide bonds. The smallest absolute Gasteiger partial charge is 0.249 e. The van der Waals surface area contributed by atoms with Gasteiger partial charge in [-0.3, -0.25) is 0 Å². The quantitative estimate of drug-likeness (QED) is 0.125. The zero-order valence-electron chi connectivity index (χ0n) is 39.3. The Hall–Kier alpha value is -7.56. The number of benzene rings is 11. The summed E-state index contributed by atoms with van der Waals surface area (Å²) >= 11 is 1.96. The molecule has 70 heavy (non-hydrogen) atoms. The summed E-state index contributed by atoms with van der Waals surface area (Å²) in [5.74, 6) is 0. The van der Waals surface area contributed by atoms with Gasteiger partial charge < -0.3 is 4.90 Å². The van der Waals surface area contributed by atoms with Crippen LogP contribution in [0.25, 0.3) is 43.8 Å². The predicted molar refractivity (Wildman–Crippen MR) is 305 cm³/mol. The number of nitrogens with zero attached hydrogens (tertiary/aromatic N) is 1. The molecule has 4 aliphatic heterocycles. The number of rotatable bonds is 5. The molecule has 0 saturated carbocycles. The second kappa shape index (κ2) is 15.0. The Balaban J connectivity index is 1.19. The highest BCUT2D eigenvalue weighted by Crippen LogP contribution is 2.46. The molecule has 4 aliphatic rings. The van der Waals surface area contributed by atoms with E-state index in [1.165, 1.54) is 141 Å². The summed E-state index contributed by atoms with van der Waals surface area (Å²) < 4.78 is 0. The molecule has 11 aromatic rings. The average Bonchev–Trinajstić information content (AvgIpc) is 3.43. The van der Waals surface area contributed by atoms with Gasteiger partial charge in [0.2, 0.25) is 13.4 Å². The molecule has 4 heterocycles. The van der Waals surface area contributed by atoms with Crippen LogP contribution in [0.1, 0.15) is 16.7 Å². The topological polar surface area (TPSA) is 3.24 Å². The van der Waals surface area contributed by atoms with Gasteiger partial charge >= 0.3 is 0 Å². The highest BCUT2D eigenvalue weighted by Gasteiger charge is 2.57. The third-order valence-corrected chi connectivity index (χ3v) is 22.2. The predicted octanol–water partition coefficient (Wildman–Crippen LogP) is 9.54. The number of hydrogen-bond acceptors (Lipinski definition) is 2. The lowest BCUT2D eigenvalue weighted by molar-refractivity contribution is 1.28. The van der Waals surface area contributed by atoms with E-state index < -0.39 is 8.07 Å². The van der Waals surface area contributed by atoms with Crippen LogP contribution in [-0.2, 0) is 0 Å². The molecule has 0 bridgehead atoms. The van der Waals surface area contributed by atoms with Crippen molar-refractivity contribution in [3.63, 3.8) is 0 Å². The van der Waals surface area contributed by atoms with Crippen LogP contribution >= 0.6 is 11.8 Å². The molecule has 0 aromatic heterocycles. The first kappa shape index (κ1) is 40.3. The van der Waals surface area contributed by atoms with Crippen molar-refractivity contribution in [2.24, 2.45) is 0 Å². The Bertz CT molecular complexity index is 3980. The van der Waals surface area contributed by atoms with E-state index in [-0.39, 0.29) is 13.4 Å². The molecule has 0 fully saturated rings. The minimum Gasteiger partial charge on any atom is -0.313 e. The lowest BCUT2D eigenvalue weighted by atomic mass is 9.29. The van der Waals surface area contributed by atoms with Gasteiger partial charge in [-0.25, -0.2) is 0 Å². The summed E-state index contributed by atoms with van der Waals surface area (Å²) in [5.41, 5.74) is 21.6. The van der Waals surface area contributed by atoms with Crippen molar-refractivity contribution in [3.8, 4) is 22.3 Å². The van der Waals surface area contributed by atoms with Gasteiger partial charge in [0.15, 0.2) is 8.07 Å². The first-order valence-corrected chi connectivity index (χ1v) is 27.5. The zero-order valence-corrected chi connectivity index (χ0v) is 41.1. The molecular formula is C65H45B2NSSi. The van der Waals surface area contributed by atoms with Crippen LogP contribution in [0.5, 0.6) is 0 Å². The van der Waals surface area contributed by atoms with Gasteiger partial charge in [0.25, 0.3) is 0 Å². The van der Waals surface area contributed by atoms with Crippen molar-refractivity contribution >= 4 is 125 Å². The normalized spacial score (nSPS) is 14.2. The fourth-order valence-corrected chi connectivity index (χ4v) is 20.0. The maximum Gasteiger partial charge on any atom is 0.249 e. The van der Waals surface area contributed by atoms with Gasteiger partial charge in [-0.05, 0) is 125 Å². The molecule has 326 valence electrons. The molecule has 5 heteroatoms. The van der Waals surface area contributed by atoms with Crippen LogP contribution in [-0.4, -0.2) is 21.5 Å². The van der Waals surface area contributed by atoms with E-state index in [1.807, 2.05) is 11.8 Å². The highest BCUT2D eigenvalue weighted by atomic mass is 32.2. The Morgan fingerprint density at radius 2 is 0.957 bits per heavy atom. The Morgan fingerprint density at radius 1 is 0.386 bits per heavy atom. The van der Waals surface area contributed by atoms with E-state index >= 15 is 0 Å². The molecule has 11 aromatic carbocycles. The third-order valence-electron chi connectivity index (χ3n) is 16.3. The lowest BCUT2D eigenvalue weighted by Crippen LogP contribution is -2.81.